The van der Waals surface area contributed by atoms with Gasteiger partial charge in [-0.2, -0.15) is 0 Å². The zero-order chi connectivity index (χ0) is 23.0. The first-order valence-corrected chi connectivity index (χ1v) is 11.4. The van der Waals surface area contributed by atoms with E-state index in [-0.39, 0.29) is 34.8 Å². The third kappa shape index (κ3) is 7.75. The molecule has 0 fully saturated rings. The number of halogens is 1. The molecule has 2 aromatic rings. The maximum atomic E-state index is 12.1. The summed E-state index contributed by atoms with van der Waals surface area (Å²) in [6.45, 7) is 1.16. The maximum absolute atomic E-state index is 12.1. The summed E-state index contributed by atoms with van der Waals surface area (Å²) in [6, 6.07) is 14.4. The molecule has 0 saturated carbocycles. The van der Waals surface area contributed by atoms with Crippen LogP contribution in [0, 0.1) is 0 Å². The zero-order valence-corrected chi connectivity index (χ0v) is 22.3. The average molecular weight is 574 g/mol. The molecule has 0 saturated heterocycles. The summed E-state index contributed by atoms with van der Waals surface area (Å²) in [5, 5.41) is 6.47. The molecule has 0 aliphatic heterocycles. The predicted octanol–water partition coefficient (Wildman–Crippen LogP) is 2.16. The molecule has 0 unspecified atom stereocenters. The van der Waals surface area contributed by atoms with Crippen LogP contribution < -0.4 is 10.6 Å². The standard InChI is InChI=1S/C22H31N5O3S.HI/c1-23-22(24-14-13-17-7-6-8-19(15-17)21(28)26(2)3)25-16-18-9-11-20(12-10-18)31(29,30)27(4)5;/h6-12,15H,13-14,16H2,1-5H3,(H2,23,24,25);1H. The molecule has 32 heavy (non-hydrogen) atoms. The van der Waals surface area contributed by atoms with Gasteiger partial charge in [0.2, 0.25) is 10.0 Å². The van der Waals surface area contributed by atoms with Gasteiger partial charge in [0.15, 0.2) is 5.96 Å². The van der Waals surface area contributed by atoms with E-state index in [0.29, 0.717) is 24.6 Å². The van der Waals surface area contributed by atoms with Gasteiger partial charge < -0.3 is 15.5 Å². The molecular formula is C22H32IN5O3S. The fraction of sp³-hybridized carbons (Fsp3) is 0.364. The molecule has 0 atom stereocenters. The quantitative estimate of drug-likeness (QED) is 0.287. The maximum Gasteiger partial charge on any atom is 0.253 e. The fourth-order valence-corrected chi connectivity index (χ4v) is 3.74. The van der Waals surface area contributed by atoms with Crippen molar-refractivity contribution in [2.75, 3.05) is 41.8 Å². The summed E-state index contributed by atoms with van der Waals surface area (Å²) < 4.78 is 25.5. The molecule has 176 valence electrons. The highest BCUT2D eigenvalue weighted by atomic mass is 127. The van der Waals surface area contributed by atoms with E-state index in [1.54, 1.807) is 50.3 Å². The number of benzene rings is 2. The van der Waals surface area contributed by atoms with Crippen LogP contribution >= 0.6 is 24.0 Å². The van der Waals surface area contributed by atoms with Crippen LogP contribution in [0.2, 0.25) is 0 Å². The first kappa shape index (κ1) is 27.9. The lowest BCUT2D eigenvalue weighted by atomic mass is 10.1. The molecule has 0 spiro atoms. The zero-order valence-electron chi connectivity index (χ0n) is 19.1. The Labute approximate surface area is 208 Å². The predicted molar refractivity (Wildman–Crippen MR) is 139 cm³/mol. The van der Waals surface area contributed by atoms with Crippen LogP contribution in [0.1, 0.15) is 21.5 Å². The fourth-order valence-electron chi connectivity index (χ4n) is 2.84. The lowest BCUT2D eigenvalue weighted by Crippen LogP contribution is -2.37. The van der Waals surface area contributed by atoms with Crippen molar-refractivity contribution in [2.24, 2.45) is 4.99 Å². The van der Waals surface area contributed by atoms with Gasteiger partial charge in [-0.3, -0.25) is 9.79 Å². The van der Waals surface area contributed by atoms with Gasteiger partial charge in [-0.25, -0.2) is 12.7 Å². The van der Waals surface area contributed by atoms with Gasteiger partial charge in [0.25, 0.3) is 5.91 Å². The number of rotatable bonds is 8. The van der Waals surface area contributed by atoms with Crippen molar-refractivity contribution >= 4 is 45.9 Å². The minimum atomic E-state index is -3.43. The van der Waals surface area contributed by atoms with Crippen molar-refractivity contribution < 1.29 is 13.2 Å². The Morgan fingerprint density at radius 2 is 1.62 bits per heavy atom. The second-order valence-corrected chi connectivity index (χ2v) is 9.59. The number of hydrogen-bond acceptors (Lipinski definition) is 4. The molecule has 0 aliphatic carbocycles. The van der Waals surface area contributed by atoms with Crippen LogP contribution in [0.5, 0.6) is 0 Å². The first-order valence-electron chi connectivity index (χ1n) is 9.91. The Balaban J connectivity index is 0.00000512. The summed E-state index contributed by atoms with van der Waals surface area (Å²) in [5.41, 5.74) is 2.67. The van der Waals surface area contributed by atoms with Gasteiger partial charge in [0.1, 0.15) is 0 Å². The second-order valence-electron chi connectivity index (χ2n) is 7.43. The van der Waals surface area contributed by atoms with Crippen LogP contribution in [0.4, 0.5) is 0 Å². The van der Waals surface area contributed by atoms with E-state index in [9.17, 15) is 13.2 Å². The SMILES string of the molecule is CN=C(NCCc1cccc(C(=O)N(C)C)c1)NCc1ccc(S(=O)(=O)N(C)C)cc1.I. The minimum absolute atomic E-state index is 0. The molecule has 0 radical (unpaired) electrons. The van der Waals surface area contributed by atoms with E-state index >= 15 is 0 Å². The molecule has 2 N–H and O–H groups in total. The molecule has 0 aliphatic rings. The third-order valence-corrected chi connectivity index (χ3v) is 6.50. The normalized spacial score (nSPS) is 11.6. The summed E-state index contributed by atoms with van der Waals surface area (Å²) >= 11 is 0. The van der Waals surface area contributed by atoms with Crippen molar-refractivity contribution in [3.63, 3.8) is 0 Å². The van der Waals surface area contributed by atoms with Crippen LogP contribution in [0.25, 0.3) is 0 Å². The van der Waals surface area contributed by atoms with Crippen molar-refractivity contribution in [3.05, 3.63) is 65.2 Å². The summed E-state index contributed by atoms with van der Waals surface area (Å²) in [7, 11) is 4.76. The number of nitrogens with zero attached hydrogens (tertiary/aromatic N) is 3. The topological polar surface area (TPSA) is 94.1 Å². The van der Waals surface area contributed by atoms with Crippen LogP contribution in [-0.4, -0.2) is 71.3 Å². The van der Waals surface area contributed by atoms with Gasteiger partial charge in [0, 0.05) is 53.9 Å². The Morgan fingerprint density at radius 3 is 2.19 bits per heavy atom. The highest BCUT2D eigenvalue weighted by molar-refractivity contribution is 14.0. The van der Waals surface area contributed by atoms with Crippen LogP contribution in [-0.2, 0) is 23.0 Å². The van der Waals surface area contributed by atoms with Crippen LogP contribution in [0.15, 0.2) is 58.4 Å². The number of hydrogen-bond donors (Lipinski definition) is 2. The van der Waals surface area contributed by atoms with E-state index < -0.39 is 10.0 Å². The Hall–Kier alpha value is -2.18. The number of carbonyl (C=O) groups is 1. The number of sulfonamides is 1. The number of guanidine groups is 1. The third-order valence-electron chi connectivity index (χ3n) is 4.67. The molecule has 10 heteroatoms. The lowest BCUT2D eigenvalue weighted by Gasteiger charge is -2.14. The summed E-state index contributed by atoms with van der Waals surface area (Å²) in [6.07, 6.45) is 0.742. The van der Waals surface area contributed by atoms with Crippen molar-refractivity contribution in [3.8, 4) is 0 Å². The highest BCUT2D eigenvalue weighted by Gasteiger charge is 2.16. The Kier molecular flexibility index (Phi) is 11.1. The molecule has 2 rings (SSSR count). The molecule has 0 heterocycles. The number of nitrogens with one attached hydrogen (secondary N) is 2. The van der Waals surface area contributed by atoms with Gasteiger partial charge in [-0.15, -0.1) is 24.0 Å². The molecule has 0 aromatic heterocycles. The molecule has 2 aromatic carbocycles. The number of carbonyl (C=O) groups excluding carboxylic acids is 1. The second kappa shape index (κ2) is 12.8. The van der Waals surface area contributed by atoms with E-state index in [2.05, 4.69) is 15.6 Å². The minimum Gasteiger partial charge on any atom is -0.356 e. The molecular weight excluding hydrogens is 541 g/mol. The van der Waals surface area contributed by atoms with E-state index in [4.69, 9.17) is 0 Å². The average Bonchev–Trinajstić information content (AvgIpc) is 2.75. The van der Waals surface area contributed by atoms with Gasteiger partial charge in [0.05, 0.1) is 4.90 Å². The summed E-state index contributed by atoms with van der Waals surface area (Å²) in [5.74, 6) is 0.627. The van der Waals surface area contributed by atoms with Gasteiger partial charge in [-0.1, -0.05) is 24.3 Å². The van der Waals surface area contributed by atoms with E-state index in [1.807, 2.05) is 24.3 Å². The molecule has 0 bridgehead atoms. The van der Waals surface area contributed by atoms with Gasteiger partial charge in [-0.05, 0) is 41.8 Å². The molecule has 8 nitrogen and oxygen atoms in total. The first-order chi connectivity index (χ1) is 14.6. The van der Waals surface area contributed by atoms with Crippen molar-refractivity contribution in [2.45, 2.75) is 17.9 Å². The van der Waals surface area contributed by atoms with Crippen molar-refractivity contribution in [1.29, 1.82) is 0 Å². The summed E-state index contributed by atoms with van der Waals surface area (Å²) in [4.78, 5) is 18.1. The van der Waals surface area contributed by atoms with Crippen molar-refractivity contribution in [1.82, 2.24) is 19.8 Å². The Morgan fingerprint density at radius 1 is 0.969 bits per heavy atom. The van der Waals surface area contributed by atoms with E-state index in [0.717, 1.165) is 17.5 Å². The lowest BCUT2D eigenvalue weighted by molar-refractivity contribution is 0.0827. The number of aliphatic imine (C=N–C) groups is 1. The monoisotopic (exact) mass is 573 g/mol. The van der Waals surface area contributed by atoms with Gasteiger partial charge >= 0.3 is 0 Å². The highest BCUT2D eigenvalue weighted by Crippen LogP contribution is 2.14. The Bertz CT molecular complexity index is 1020. The molecule has 1 amide bonds. The largest absolute Gasteiger partial charge is 0.356 e. The smallest absolute Gasteiger partial charge is 0.253 e. The van der Waals surface area contributed by atoms with E-state index in [1.165, 1.54) is 18.4 Å². The van der Waals surface area contributed by atoms with Crippen LogP contribution in [0.3, 0.4) is 0 Å². The number of amides is 1.